The van der Waals surface area contributed by atoms with E-state index in [1.807, 2.05) is 19.9 Å². The first-order chi connectivity index (χ1) is 10.4. The molecule has 2 aromatic rings. The quantitative estimate of drug-likeness (QED) is 0.480. The van der Waals surface area contributed by atoms with E-state index in [4.69, 9.17) is 5.73 Å². The minimum Gasteiger partial charge on any atom is -0.458 e. The van der Waals surface area contributed by atoms with E-state index in [1.165, 1.54) is 12.1 Å². The summed E-state index contributed by atoms with van der Waals surface area (Å²) in [4.78, 5) is 4.22. The molecular formula is C18H23F2KN3-. The fraction of sp³-hybridized carbons (Fsp3) is 0.278. The van der Waals surface area contributed by atoms with Crippen LogP contribution in [0.15, 0.2) is 24.4 Å². The van der Waals surface area contributed by atoms with Crippen LogP contribution in [0.5, 0.6) is 0 Å². The number of hydrogen-bond acceptors (Lipinski definition) is 3. The monoisotopic (exact) mass is 358 g/mol. The van der Waals surface area contributed by atoms with Crippen molar-refractivity contribution in [1.82, 2.24) is 4.98 Å². The van der Waals surface area contributed by atoms with Gasteiger partial charge in [0.05, 0.1) is 5.69 Å². The van der Waals surface area contributed by atoms with Crippen molar-refractivity contribution in [3.63, 3.8) is 0 Å². The first kappa shape index (κ1) is 23.3. The Balaban J connectivity index is 0.00000264. The maximum Gasteiger partial charge on any atom is 1.00 e. The maximum atomic E-state index is 13.9. The van der Waals surface area contributed by atoms with Crippen molar-refractivity contribution >= 4 is 11.4 Å². The zero-order valence-corrected chi connectivity index (χ0v) is 17.9. The molecular weight excluding hydrogens is 335 g/mol. The molecule has 0 saturated heterocycles. The van der Waals surface area contributed by atoms with E-state index in [2.05, 4.69) is 17.2 Å². The average Bonchev–Trinajstić information content (AvgIpc) is 2.46. The third-order valence-corrected chi connectivity index (χ3v) is 3.35. The van der Waals surface area contributed by atoms with Crippen molar-refractivity contribution < 1.29 is 60.2 Å². The Hall–Kier alpha value is -0.664. The number of aryl methyl sites for hydroxylation is 1. The molecule has 0 fully saturated rings. The van der Waals surface area contributed by atoms with Crippen LogP contribution in [0.2, 0.25) is 0 Å². The van der Waals surface area contributed by atoms with E-state index in [0.717, 1.165) is 11.3 Å². The van der Waals surface area contributed by atoms with Crippen molar-refractivity contribution in [2.24, 2.45) is 0 Å². The first-order valence-electron chi connectivity index (χ1n) is 7.18. The summed E-state index contributed by atoms with van der Waals surface area (Å²) in [6.07, 6.45) is 2.37. The average molecular weight is 358 g/mol. The molecule has 0 atom stereocenters. The molecule has 2 rings (SSSR count). The molecule has 3 N–H and O–H groups in total. The Bertz CT molecular complexity index is 676. The van der Waals surface area contributed by atoms with Crippen molar-refractivity contribution in [2.75, 3.05) is 11.1 Å². The molecule has 0 aliphatic carbocycles. The Kier molecular flexibility index (Phi) is 10.1. The number of halogens is 2. The molecule has 0 bridgehead atoms. The third-order valence-electron chi connectivity index (χ3n) is 3.35. The van der Waals surface area contributed by atoms with Gasteiger partial charge < -0.3 is 18.5 Å². The molecule has 6 heteroatoms. The second-order valence-corrected chi connectivity index (χ2v) is 5.57. The van der Waals surface area contributed by atoms with Crippen LogP contribution in [0.4, 0.5) is 20.2 Å². The van der Waals surface area contributed by atoms with Gasteiger partial charge in [-0.3, -0.25) is 4.98 Å². The molecule has 0 spiro atoms. The van der Waals surface area contributed by atoms with Gasteiger partial charge in [0.25, 0.3) is 0 Å². The number of nitrogens with one attached hydrogen (secondary N) is 1. The van der Waals surface area contributed by atoms with Crippen LogP contribution >= 0.6 is 0 Å². The molecule has 126 valence electrons. The number of rotatable bonds is 5. The fourth-order valence-electron chi connectivity index (χ4n) is 2.22. The first-order valence-corrected chi connectivity index (χ1v) is 7.18. The predicted molar refractivity (Wildman–Crippen MR) is 92.0 cm³/mol. The van der Waals surface area contributed by atoms with Crippen LogP contribution in [-0.2, 0) is 12.8 Å². The Morgan fingerprint density at radius 3 is 2.54 bits per heavy atom. The number of nitrogens with zero attached hydrogens (tertiary/aromatic N) is 1. The summed E-state index contributed by atoms with van der Waals surface area (Å²) in [6.45, 7) is 7.90. The van der Waals surface area contributed by atoms with Gasteiger partial charge in [-0.2, -0.15) is 0 Å². The summed E-state index contributed by atoms with van der Waals surface area (Å²) < 4.78 is 27.6. The Labute approximate surface area is 185 Å². The number of aromatic nitrogens is 1. The van der Waals surface area contributed by atoms with Crippen LogP contribution in [0.25, 0.3) is 0 Å². The predicted octanol–water partition coefficient (Wildman–Crippen LogP) is 1.18. The van der Waals surface area contributed by atoms with Gasteiger partial charge >= 0.3 is 51.4 Å². The van der Waals surface area contributed by atoms with E-state index in [9.17, 15) is 8.78 Å². The standard InChI is InChI=1S/C17H20F2N3.CH3.K/c1-10(2)22-16-8-12(9-21-11(16)3)4-5-13-14(18)6-7-15(20)17(13)19;;/h6-10,22H,3-5,20H2,1-2H3;1H3;/q2*-1;+1. The van der Waals surface area contributed by atoms with Gasteiger partial charge in [0, 0.05) is 17.8 Å². The zero-order valence-electron chi connectivity index (χ0n) is 14.8. The van der Waals surface area contributed by atoms with Gasteiger partial charge in [-0.1, -0.05) is 11.4 Å². The number of hydrogen-bond donors (Lipinski definition) is 2. The number of nitrogen functional groups attached to an aromatic ring is 1. The topological polar surface area (TPSA) is 50.9 Å². The number of anilines is 2. The molecule has 1 aromatic heterocycles. The molecule has 0 aliphatic heterocycles. The van der Waals surface area contributed by atoms with E-state index < -0.39 is 11.6 Å². The molecule has 0 radical (unpaired) electrons. The number of nitrogens with two attached hydrogens (primary N) is 1. The molecule has 0 unspecified atom stereocenters. The van der Waals surface area contributed by atoms with E-state index in [-0.39, 0.29) is 82.5 Å². The zero-order chi connectivity index (χ0) is 16.3. The van der Waals surface area contributed by atoms with Gasteiger partial charge in [-0.15, -0.1) is 6.07 Å². The van der Waals surface area contributed by atoms with Gasteiger partial charge in [0.1, 0.15) is 5.82 Å². The minimum absolute atomic E-state index is 0. The normalized spacial score (nSPS) is 10.0. The van der Waals surface area contributed by atoms with Crippen molar-refractivity contribution in [1.29, 1.82) is 0 Å². The molecule has 1 heterocycles. The summed E-state index contributed by atoms with van der Waals surface area (Å²) in [6, 6.07) is 4.59. The van der Waals surface area contributed by atoms with E-state index in [1.54, 1.807) is 6.20 Å². The molecule has 3 nitrogen and oxygen atoms in total. The Morgan fingerprint density at radius 2 is 1.92 bits per heavy atom. The van der Waals surface area contributed by atoms with Gasteiger partial charge in [0.2, 0.25) is 0 Å². The minimum atomic E-state index is -0.678. The second-order valence-electron chi connectivity index (χ2n) is 5.57. The van der Waals surface area contributed by atoms with E-state index >= 15 is 0 Å². The van der Waals surface area contributed by atoms with E-state index in [0.29, 0.717) is 12.1 Å². The summed E-state index contributed by atoms with van der Waals surface area (Å²) in [7, 11) is 0. The molecule has 0 saturated carbocycles. The van der Waals surface area contributed by atoms with Crippen LogP contribution < -0.4 is 62.4 Å². The molecule has 24 heavy (non-hydrogen) atoms. The molecule has 1 aromatic carbocycles. The smallest absolute Gasteiger partial charge is 0.458 e. The number of benzene rings is 1. The van der Waals surface area contributed by atoms with Crippen molar-refractivity contribution in [3.8, 4) is 0 Å². The van der Waals surface area contributed by atoms with Crippen LogP contribution in [0.1, 0.15) is 30.7 Å². The fourth-order valence-corrected chi connectivity index (χ4v) is 2.22. The summed E-state index contributed by atoms with van der Waals surface area (Å²) >= 11 is 0. The number of pyridine rings is 1. The maximum absolute atomic E-state index is 13.9. The largest absolute Gasteiger partial charge is 1.00 e. The van der Waals surface area contributed by atoms with Crippen molar-refractivity contribution in [3.05, 3.63) is 67.2 Å². The van der Waals surface area contributed by atoms with Gasteiger partial charge in [-0.05, 0) is 44.4 Å². The summed E-state index contributed by atoms with van der Waals surface area (Å²) in [5, 5.41) is 3.25. The molecule has 0 amide bonds. The van der Waals surface area contributed by atoms with Crippen LogP contribution in [0.3, 0.4) is 0 Å². The van der Waals surface area contributed by atoms with Gasteiger partial charge in [0.15, 0.2) is 5.82 Å². The molecule has 0 aliphatic rings. The summed E-state index contributed by atoms with van der Waals surface area (Å²) in [5.41, 5.74) is 7.83. The SMILES string of the molecule is [CH2-]c1ncc(CCc2c(F)ccc(N)c2F)cc1NC(C)C.[CH3-].[K+]. The Morgan fingerprint density at radius 1 is 1.25 bits per heavy atom. The van der Waals surface area contributed by atoms with Crippen LogP contribution in [-0.4, -0.2) is 11.0 Å². The van der Waals surface area contributed by atoms with Crippen molar-refractivity contribution in [2.45, 2.75) is 32.7 Å². The summed E-state index contributed by atoms with van der Waals surface area (Å²) in [5.74, 6) is -1.25. The van der Waals surface area contributed by atoms with Gasteiger partial charge in [-0.25, -0.2) is 15.7 Å². The second kappa shape index (κ2) is 10.4. The third kappa shape index (κ3) is 6.00. The van der Waals surface area contributed by atoms with Crippen LogP contribution in [0, 0.1) is 26.0 Å².